The van der Waals surface area contributed by atoms with Gasteiger partial charge in [-0.05, 0) is 45.2 Å². The van der Waals surface area contributed by atoms with E-state index in [2.05, 4.69) is 34.6 Å². The van der Waals surface area contributed by atoms with Crippen LogP contribution in [0.25, 0.3) is 0 Å². The van der Waals surface area contributed by atoms with Crippen molar-refractivity contribution in [1.82, 2.24) is 20.1 Å². The average Bonchev–Trinajstić information content (AvgIpc) is 3.09. The van der Waals surface area contributed by atoms with Crippen molar-refractivity contribution in [3.05, 3.63) is 42.0 Å². The summed E-state index contributed by atoms with van der Waals surface area (Å²) in [6, 6.07) is 8.76. The third kappa shape index (κ3) is 4.88. The van der Waals surface area contributed by atoms with Crippen LogP contribution in [0.2, 0.25) is 0 Å². The number of carbonyl (C=O) groups excluding carboxylic acids is 1. The summed E-state index contributed by atoms with van der Waals surface area (Å²) in [6.45, 7) is 4.49. The third-order valence-corrected chi connectivity index (χ3v) is 4.99. The smallest absolute Gasteiger partial charge is 0.319 e. The zero-order valence-corrected chi connectivity index (χ0v) is 16.6. The number of carbonyl (C=O) groups is 1. The van der Waals surface area contributed by atoms with Gasteiger partial charge < -0.3 is 20.5 Å². The van der Waals surface area contributed by atoms with E-state index in [1.807, 2.05) is 35.0 Å². The van der Waals surface area contributed by atoms with Crippen molar-refractivity contribution < 1.29 is 14.6 Å². The zero-order valence-electron chi connectivity index (χ0n) is 16.6. The van der Waals surface area contributed by atoms with Gasteiger partial charge in [-0.25, -0.2) is 14.5 Å². The highest BCUT2D eigenvalue weighted by Crippen LogP contribution is 2.33. The molecule has 8 heteroatoms. The Bertz CT molecular complexity index is 777. The lowest BCUT2D eigenvalue weighted by Gasteiger charge is -2.33. The number of nitrogens with zero attached hydrogens (tertiary/aromatic N) is 3. The molecule has 1 aromatic carbocycles. The fourth-order valence-corrected chi connectivity index (χ4v) is 3.63. The number of benzene rings is 1. The van der Waals surface area contributed by atoms with Gasteiger partial charge >= 0.3 is 6.03 Å². The Morgan fingerprint density at radius 3 is 2.75 bits per heavy atom. The molecule has 0 spiro atoms. The Morgan fingerprint density at radius 2 is 2.07 bits per heavy atom. The molecule has 1 fully saturated rings. The van der Waals surface area contributed by atoms with Crippen molar-refractivity contribution in [1.29, 1.82) is 0 Å². The number of amides is 2. The van der Waals surface area contributed by atoms with Crippen LogP contribution in [0, 0.1) is 0 Å². The van der Waals surface area contributed by atoms with Gasteiger partial charge in [0.05, 0.1) is 12.1 Å². The Morgan fingerprint density at radius 1 is 1.32 bits per heavy atom. The predicted molar refractivity (Wildman–Crippen MR) is 106 cm³/mol. The minimum absolute atomic E-state index is 0.117. The Kier molecular flexibility index (Phi) is 6.64. The molecule has 3 atom stereocenters. The monoisotopic (exact) mass is 387 g/mol. The van der Waals surface area contributed by atoms with E-state index in [1.54, 1.807) is 7.11 Å². The van der Waals surface area contributed by atoms with Gasteiger partial charge in [0.2, 0.25) is 0 Å². The van der Waals surface area contributed by atoms with Crippen molar-refractivity contribution >= 4 is 11.7 Å². The van der Waals surface area contributed by atoms with Crippen molar-refractivity contribution in [3.8, 4) is 0 Å². The van der Waals surface area contributed by atoms with Gasteiger partial charge in [0.25, 0.3) is 0 Å². The van der Waals surface area contributed by atoms with Crippen LogP contribution in [0.4, 0.5) is 10.5 Å². The van der Waals surface area contributed by atoms with Crippen LogP contribution < -0.4 is 10.6 Å². The second-order valence-corrected chi connectivity index (χ2v) is 7.51. The number of rotatable bonds is 6. The first-order valence-corrected chi connectivity index (χ1v) is 9.72. The number of aliphatic hydroxyl groups excluding tert-OH is 1. The molecular formula is C20H29N5O3. The first-order chi connectivity index (χ1) is 13.5. The fourth-order valence-electron chi connectivity index (χ4n) is 3.63. The maximum atomic E-state index is 12.4. The number of nitrogens with one attached hydrogen (secondary N) is 2. The number of para-hydroxylation sites is 1. The Labute approximate surface area is 165 Å². The average molecular weight is 387 g/mol. The van der Waals surface area contributed by atoms with Crippen LogP contribution in [0.1, 0.15) is 56.7 Å². The summed E-state index contributed by atoms with van der Waals surface area (Å²) < 4.78 is 7.10. The summed E-state index contributed by atoms with van der Waals surface area (Å²) in [5.74, 6) is 1.67. The molecule has 1 aliphatic carbocycles. The minimum atomic E-state index is -0.577. The van der Waals surface area contributed by atoms with E-state index in [9.17, 15) is 9.90 Å². The first kappa shape index (κ1) is 20.3. The molecule has 0 unspecified atom stereocenters. The van der Waals surface area contributed by atoms with E-state index in [4.69, 9.17) is 4.74 Å². The van der Waals surface area contributed by atoms with Crippen LogP contribution in [-0.2, 0) is 11.3 Å². The molecule has 1 aromatic heterocycles. The van der Waals surface area contributed by atoms with Crippen LogP contribution >= 0.6 is 0 Å². The highest BCUT2D eigenvalue weighted by atomic mass is 16.5. The third-order valence-electron chi connectivity index (χ3n) is 4.99. The number of hydrogen-bond acceptors (Lipinski definition) is 5. The van der Waals surface area contributed by atoms with E-state index >= 15 is 0 Å². The standard InChI is InChI=1S/C20H29N5O3/c1-13(2)25-19(23-18(24-25)12-28-3)14-9-10-17(26)16(11-14)22-20(27)21-15-7-5-4-6-8-15/h4-8,13-14,16-17,26H,9-12H2,1-3H3,(H2,21,22,27)/t14-,16+,17+/m0/s1. The van der Waals surface area contributed by atoms with Gasteiger partial charge in [0, 0.05) is 24.8 Å². The van der Waals surface area contributed by atoms with E-state index in [0.717, 1.165) is 12.2 Å². The maximum absolute atomic E-state index is 12.4. The number of methoxy groups -OCH3 is 1. The second kappa shape index (κ2) is 9.16. The van der Waals surface area contributed by atoms with Crippen molar-refractivity contribution in [2.24, 2.45) is 0 Å². The number of ether oxygens (including phenoxy) is 1. The largest absolute Gasteiger partial charge is 0.391 e. The zero-order chi connectivity index (χ0) is 20.1. The van der Waals surface area contributed by atoms with Crippen molar-refractivity contribution in [2.45, 2.75) is 63.8 Å². The van der Waals surface area contributed by atoms with E-state index in [-0.39, 0.29) is 24.0 Å². The summed E-state index contributed by atoms with van der Waals surface area (Å²) in [4.78, 5) is 17.0. The molecule has 1 saturated carbocycles. The van der Waals surface area contributed by atoms with Gasteiger partial charge in [-0.15, -0.1) is 0 Å². The summed E-state index contributed by atoms with van der Waals surface area (Å²) in [5, 5.41) is 20.7. The van der Waals surface area contributed by atoms with Gasteiger partial charge in [-0.1, -0.05) is 18.2 Å². The molecule has 3 N–H and O–H groups in total. The lowest BCUT2D eigenvalue weighted by atomic mass is 9.83. The molecule has 8 nitrogen and oxygen atoms in total. The second-order valence-electron chi connectivity index (χ2n) is 7.51. The van der Waals surface area contributed by atoms with Crippen LogP contribution in [0.3, 0.4) is 0 Å². The van der Waals surface area contributed by atoms with Crippen LogP contribution in [0.15, 0.2) is 30.3 Å². The maximum Gasteiger partial charge on any atom is 0.319 e. The Hall–Kier alpha value is -2.45. The van der Waals surface area contributed by atoms with E-state index < -0.39 is 6.10 Å². The highest BCUT2D eigenvalue weighted by molar-refractivity contribution is 5.89. The predicted octanol–water partition coefficient (Wildman–Crippen LogP) is 2.82. The SMILES string of the molecule is COCc1nc([C@H]2CC[C@@H](O)[C@H](NC(=O)Nc3ccccc3)C2)n(C(C)C)n1. The lowest BCUT2D eigenvalue weighted by Crippen LogP contribution is -2.48. The molecule has 28 heavy (non-hydrogen) atoms. The van der Waals surface area contributed by atoms with Crippen LogP contribution in [-0.4, -0.2) is 45.2 Å². The highest BCUT2D eigenvalue weighted by Gasteiger charge is 2.34. The molecule has 0 aliphatic heterocycles. The minimum Gasteiger partial charge on any atom is -0.391 e. The van der Waals surface area contributed by atoms with Gasteiger partial charge in [0.1, 0.15) is 12.4 Å². The molecule has 3 rings (SSSR count). The quantitative estimate of drug-likeness (QED) is 0.707. The molecule has 0 saturated heterocycles. The molecular weight excluding hydrogens is 358 g/mol. The Balaban J connectivity index is 1.69. The topological polar surface area (TPSA) is 101 Å². The first-order valence-electron chi connectivity index (χ1n) is 9.72. The summed E-state index contributed by atoms with van der Waals surface area (Å²) >= 11 is 0. The fraction of sp³-hybridized carbons (Fsp3) is 0.550. The molecule has 152 valence electrons. The molecule has 0 radical (unpaired) electrons. The number of aliphatic hydroxyl groups is 1. The number of hydrogen-bond donors (Lipinski definition) is 3. The van der Waals surface area contributed by atoms with Crippen molar-refractivity contribution in [3.63, 3.8) is 0 Å². The van der Waals surface area contributed by atoms with E-state index in [1.165, 1.54) is 0 Å². The van der Waals surface area contributed by atoms with Gasteiger partial charge in [-0.3, -0.25) is 0 Å². The lowest BCUT2D eigenvalue weighted by molar-refractivity contribution is 0.0858. The number of anilines is 1. The normalized spacial score (nSPS) is 22.2. The summed E-state index contributed by atoms with van der Waals surface area (Å²) in [7, 11) is 1.62. The molecule has 0 bridgehead atoms. The van der Waals surface area contributed by atoms with E-state index in [0.29, 0.717) is 31.0 Å². The molecule has 1 aliphatic rings. The molecule has 2 amide bonds. The van der Waals surface area contributed by atoms with Gasteiger partial charge in [-0.2, -0.15) is 5.10 Å². The summed E-state index contributed by atoms with van der Waals surface area (Å²) in [5.41, 5.74) is 0.714. The van der Waals surface area contributed by atoms with Gasteiger partial charge in [0.15, 0.2) is 5.82 Å². The number of urea groups is 1. The van der Waals surface area contributed by atoms with Crippen molar-refractivity contribution in [2.75, 3.05) is 12.4 Å². The summed E-state index contributed by atoms with van der Waals surface area (Å²) in [6.07, 6.45) is 1.44. The molecule has 1 heterocycles. The molecule has 2 aromatic rings. The van der Waals surface area contributed by atoms with Crippen LogP contribution in [0.5, 0.6) is 0 Å². The number of aromatic nitrogens is 3.